The summed E-state index contributed by atoms with van der Waals surface area (Å²) in [6.45, 7) is 6.44. The first-order valence-electron chi connectivity index (χ1n) is 14.0. The van der Waals surface area contributed by atoms with Gasteiger partial charge in [0.1, 0.15) is 11.5 Å². The normalized spacial score (nSPS) is 16.5. The number of benzene rings is 2. The van der Waals surface area contributed by atoms with E-state index in [-0.39, 0.29) is 6.54 Å². The van der Waals surface area contributed by atoms with Gasteiger partial charge in [-0.05, 0) is 86.7 Å². The van der Waals surface area contributed by atoms with E-state index in [1.54, 1.807) is 25.4 Å². The molecule has 2 aromatic heterocycles. The molecule has 0 unspecified atom stereocenters. The second-order valence-corrected chi connectivity index (χ2v) is 12.7. The van der Waals surface area contributed by atoms with Crippen molar-refractivity contribution in [2.24, 2.45) is 0 Å². The first-order chi connectivity index (χ1) is 19.8. The molecule has 0 atom stereocenters. The van der Waals surface area contributed by atoms with Crippen molar-refractivity contribution >= 4 is 27.3 Å². The molecule has 2 aromatic carbocycles. The third-order valence-electron chi connectivity index (χ3n) is 7.97. The third kappa shape index (κ3) is 5.72. The second kappa shape index (κ2) is 11.3. The number of methoxy groups -OCH3 is 1. The number of anilines is 3. The average Bonchev–Trinajstić information content (AvgIpc) is 3.42. The third-order valence-corrected chi connectivity index (χ3v) is 9.83. The highest BCUT2D eigenvalue weighted by Crippen LogP contribution is 2.33. The molecule has 0 spiro atoms. The number of ether oxygens (including phenoxy) is 1. The maximum atomic E-state index is 13.2. The molecule has 2 aliphatic heterocycles. The van der Waals surface area contributed by atoms with Gasteiger partial charge >= 0.3 is 0 Å². The van der Waals surface area contributed by atoms with Gasteiger partial charge in [-0.1, -0.05) is 17.7 Å². The first-order valence-corrected chi connectivity index (χ1v) is 15.4. The van der Waals surface area contributed by atoms with Crippen molar-refractivity contribution < 1.29 is 17.6 Å². The molecule has 2 aliphatic rings. The van der Waals surface area contributed by atoms with E-state index < -0.39 is 10.0 Å². The van der Waals surface area contributed by atoms with Crippen LogP contribution in [0.4, 0.5) is 17.3 Å². The Morgan fingerprint density at radius 3 is 2.44 bits per heavy atom. The molecule has 4 aromatic rings. The van der Waals surface area contributed by atoms with Crippen LogP contribution in [0.25, 0.3) is 11.5 Å². The molecule has 0 radical (unpaired) electrons. The Balaban J connectivity index is 1.16. The number of aryl methyl sites for hydroxylation is 2. The Hall–Kier alpha value is -3.73. The summed E-state index contributed by atoms with van der Waals surface area (Å²) in [5.74, 6) is 1.74. The molecule has 0 aliphatic carbocycles. The SMILES string of the molecule is COC1CCN(c2ccc(Nc3ncc(C)c(-c4cc5c(o4)CN(S(=O)(=O)c4ccc(C)cc4)CC5)n3)cc2)CC1. The molecule has 9 nitrogen and oxygen atoms in total. The predicted molar refractivity (Wildman–Crippen MR) is 159 cm³/mol. The van der Waals surface area contributed by atoms with Gasteiger partial charge < -0.3 is 19.4 Å². The van der Waals surface area contributed by atoms with Crippen LogP contribution in [0, 0.1) is 13.8 Å². The van der Waals surface area contributed by atoms with Gasteiger partial charge in [-0.25, -0.2) is 18.4 Å². The minimum atomic E-state index is -3.61. The van der Waals surface area contributed by atoms with E-state index in [9.17, 15) is 8.42 Å². The molecule has 1 saturated heterocycles. The van der Waals surface area contributed by atoms with Gasteiger partial charge in [-0.3, -0.25) is 0 Å². The number of piperidine rings is 1. The molecule has 1 fully saturated rings. The highest BCUT2D eigenvalue weighted by atomic mass is 32.2. The number of nitrogens with zero attached hydrogens (tertiary/aromatic N) is 4. The number of hydrogen-bond donors (Lipinski definition) is 1. The first kappa shape index (κ1) is 27.4. The van der Waals surface area contributed by atoms with Gasteiger partial charge in [-0.15, -0.1) is 0 Å². The summed E-state index contributed by atoms with van der Waals surface area (Å²) in [7, 11) is -1.83. The monoisotopic (exact) mass is 573 g/mol. The van der Waals surface area contributed by atoms with Crippen LogP contribution >= 0.6 is 0 Å². The van der Waals surface area contributed by atoms with E-state index in [2.05, 4.69) is 27.3 Å². The summed E-state index contributed by atoms with van der Waals surface area (Å²) >= 11 is 0. The molecule has 4 heterocycles. The summed E-state index contributed by atoms with van der Waals surface area (Å²) < 4.78 is 39.7. The average molecular weight is 574 g/mol. The van der Waals surface area contributed by atoms with Crippen LogP contribution in [0.15, 0.2) is 70.1 Å². The Kier molecular flexibility index (Phi) is 7.54. The maximum Gasteiger partial charge on any atom is 0.243 e. The highest BCUT2D eigenvalue weighted by Gasteiger charge is 2.31. The van der Waals surface area contributed by atoms with Gasteiger partial charge in [-0.2, -0.15) is 4.31 Å². The molecular formula is C31H35N5O4S. The molecular weight excluding hydrogens is 538 g/mol. The van der Waals surface area contributed by atoms with Crippen LogP contribution in [0.5, 0.6) is 0 Å². The van der Waals surface area contributed by atoms with Gasteiger partial charge in [0.15, 0.2) is 5.76 Å². The predicted octanol–water partition coefficient (Wildman–Crippen LogP) is 5.46. The minimum absolute atomic E-state index is 0.191. The topological polar surface area (TPSA) is 101 Å². The Labute approximate surface area is 241 Å². The lowest BCUT2D eigenvalue weighted by atomic mass is 10.1. The van der Waals surface area contributed by atoms with E-state index >= 15 is 0 Å². The lowest BCUT2D eigenvalue weighted by Crippen LogP contribution is -2.36. The summed E-state index contributed by atoms with van der Waals surface area (Å²) in [5, 5.41) is 3.31. The molecule has 10 heteroatoms. The molecule has 0 saturated carbocycles. The fraction of sp³-hybridized carbons (Fsp3) is 0.355. The Morgan fingerprint density at radius 1 is 1.00 bits per heavy atom. The van der Waals surface area contributed by atoms with Gasteiger partial charge in [0.2, 0.25) is 16.0 Å². The van der Waals surface area contributed by atoms with E-state index in [1.807, 2.05) is 44.2 Å². The Morgan fingerprint density at radius 2 is 1.73 bits per heavy atom. The molecule has 214 valence electrons. The summed E-state index contributed by atoms with van der Waals surface area (Å²) in [4.78, 5) is 11.9. The Bertz CT molecular complexity index is 1630. The van der Waals surface area contributed by atoms with E-state index in [4.69, 9.17) is 14.1 Å². The minimum Gasteiger partial charge on any atom is -0.458 e. The number of nitrogens with one attached hydrogen (secondary N) is 1. The van der Waals surface area contributed by atoms with Gasteiger partial charge in [0.05, 0.1) is 17.5 Å². The van der Waals surface area contributed by atoms with Gasteiger partial charge in [0, 0.05) is 44.3 Å². The molecule has 0 amide bonds. The molecule has 41 heavy (non-hydrogen) atoms. The van der Waals surface area contributed by atoms with Crippen molar-refractivity contribution in [2.45, 2.75) is 50.7 Å². The summed E-state index contributed by atoms with van der Waals surface area (Å²) in [5.41, 5.74) is 5.67. The van der Waals surface area contributed by atoms with E-state index in [1.165, 1.54) is 9.99 Å². The van der Waals surface area contributed by atoms with Crippen molar-refractivity contribution in [1.82, 2.24) is 14.3 Å². The fourth-order valence-electron chi connectivity index (χ4n) is 5.46. The standard InChI is InChI=1S/C31H35N5O4S/c1-21-4-10-27(11-5-21)41(37,38)36-17-12-23-18-28(40-29(23)20-36)30-22(2)19-32-31(34-30)33-24-6-8-25(9-7-24)35-15-13-26(39-3)14-16-35/h4-11,18-19,26H,12-17,20H2,1-3H3,(H,32,33,34). The quantitative estimate of drug-likeness (QED) is 0.311. The largest absolute Gasteiger partial charge is 0.458 e. The number of aromatic nitrogens is 2. The lowest BCUT2D eigenvalue weighted by molar-refractivity contribution is 0.0819. The zero-order valence-corrected chi connectivity index (χ0v) is 24.4. The summed E-state index contributed by atoms with van der Waals surface area (Å²) in [6, 6.07) is 17.2. The van der Waals surface area contributed by atoms with Crippen molar-refractivity contribution in [3.05, 3.63) is 83.2 Å². The van der Waals surface area contributed by atoms with Crippen molar-refractivity contribution in [2.75, 3.05) is 37.0 Å². The van der Waals surface area contributed by atoms with Crippen LogP contribution in [0.2, 0.25) is 0 Å². The lowest BCUT2D eigenvalue weighted by Gasteiger charge is -2.33. The van der Waals surface area contributed by atoms with Crippen molar-refractivity contribution in [3.63, 3.8) is 0 Å². The number of sulfonamides is 1. The molecule has 6 rings (SSSR count). The molecule has 0 bridgehead atoms. The van der Waals surface area contributed by atoms with E-state index in [0.29, 0.717) is 47.1 Å². The van der Waals surface area contributed by atoms with Gasteiger partial charge in [0.25, 0.3) is 0 Å². The number of furan rings is 1. The van der Waals surface area contributed by atoms with Crippen molar-refractivity contribution in [3.8, 4) is 11.5 Å². The zero-order valence-electron chi connectivity index (χ0n) is 23.6. The van der Waals surface area contributed by atoms with Crippen LogP contribution in [0.1, 0.15) is 35.3 Å². The van der Waals surface area contributed by atoms with Crippen LogP contribution in [-0.2, 0) is 27.7 Å². The zero-order chi connectivity index (χ0) is 28.6. The number of fused-ring (bicyclic) bond motifs is 1. The van der Waals surface area contributed by atoms with Crippen LogP contribution in [0.3, 0.4) is 0 Å². The summed E-state index contributed by atoms with van der Waals surface area (Å²) in [6.07, 6.45) is 4.77. The highest BCUT2D eigenvalue weighted by molar-refractivity contribution is 7.89. The second-order valence-electron chi connectivity index (χ2n) is 10.8. The van der Waals surface area contributed by atoms with E-state index in [0.717, 1.165) is 48.3 Å². The smallest absolute Gasteiger partial charge is 0.243 e. The van der Waals surface area contributed by atoms with Crippen molar-refractivity contribution in [1.29, 1.82) is 0 Å². The number of rotatable bonds is 7. The molecule has 1 N–H and O–H groups in total. The van der Waals surface area contributed by atoms with Crippen LogP contribution in [-0.4, -0.2) is 55.5 Å². The van der Waals surface area contributed by atoms with Crippen LogP contribution < -0.4 is 10.2 Å². The number of hydrogen-bond acceptors (Lipinski definition) is 8. The fourth-order valence-corrected chi connectivity index (χ4v) is 6.86. The maximum absolute atomic E-state index is 13.2.